The number of aromatic nitrogens is 2. The fourth-order valence-corrected chi connectivity index (χ4v) is 5.14. The molecule has 1 aromatic carbocycles. The number of hydrogen-bond acceptors (Lipinski definition) is 2. The Kier molecular flexibility index (Phi) is 4.11. The lowest BCUT2D eigenvalue weighted by atomic mass is 9.57. The number of hydrogen-bond donors (Lipinski definition) is 1. The smallest absolute Gasteiger partial charge is 0.294 e. The van der Waals surface area contributed by atoms with Gasteiger partial charge in [0.05, 0.1) is 17.2 Å². The van der Waals surface area contributed by atoms with E-state index in [1.807, 2.05) is 6.92 Å². The van der Waals surface area contributed by atoms with Crippen molar-refractivity contribution in [3.8, 4) is 0 Å². The lowest BCUT2D eigenvalue weighted by Gasteiger charge is -2.45. The van der Waals surface area contributed by atoms with E-state index < -0.39 is 17.2 Å². The van der Waals surface area contributed by atoms with Gasteiger partial charge in [0.2, 0.25) is 0 Å². The third-order valence-electron chi connectivity index (χ3n) is 6.17. The van der Waals surface area contributed by atoms with Gasteiger partial charge < -0.3 is 0 Å². The van der Waals surface area contributed by atoms with Gasteiger partial charge in [0.1, 0.15) is 0 Å². The number of ketones is 1. The molecular weight excluding hydrogens is 365 g/mol. The molecule has 0 saturated carbocycles. The van der Waals surface area contributed by atoms with Crippen LogP contribution in [0.1, 0.15) is 62.4 Å². The van der Waals surface area contributed by atoms with E-state index in [9.17, 15) is 18.0 Å². The number of Topliss-reactive ketones (excluding diaryl/α,β-unsaturated/α-hetero) is 1. The molecule has 0 amide bonds. The predicted molar refractivity (Wildman–Crippen MR) is 99.9 cm³/mol. The summed E-state index contributed by atoms with van der Waals surface area (Å²) in [5, 5.41) is 7.20. The molecule has 4 rings (SSSR count). The number of allylic oxidation sites excluding steroid dienone is 2. The summed E-state index contributed by atoms with van der Waals surface area (Å²) in [5.74, 6) is 0.0392. The van der Waals surface area contributed by atoms with Gasteiger partial charge in [-0.3, -0.25) is 9.89 Å². The third-order valence-corrected chi connectivity index (χ3v) is 6.17. The van der Waals surface area contributed by atoms with Crippen LogP contribution >= 0.6 is 0 Å². The van der Waals surface area contributed by atoms with Crippen LogP contribution in [0, 0.1) is 5.41 Å². The van der Waals surface area contributed by atoms with E-state index in [4.69, 9.17) is 0 Å². The predicted octanol–water partition coefficient (Wildman–Crippen LogP) is 5.37. The van der Waals surface area contributed by atoms with Gasteiger partial charge >= 0.3 is 6.18 Å². The van der Waals surface area contributed by atoms with Crippen molar-refractivity contribution in [1.29, 1.82) is 0 Å². The molecule has 0 saturated heterocycles. The first-order chi connectivity index (χ1) is 13.1. The first-order valence-electron chi connectivity index (χ1n) is 9.54. The van der Waals surface area contributed by atoms with E-state index in [0.717, 1.165) is 29.3 Å². The average Bonchev–Trinajstić information content (AvgIpc) is 3.06. The molecule has 0 unspecified atom stereocenters. The summed E-state index contributed by atoms with van der Waals surface area (Å²) in [6.07, 6.45) is -0.510. The van der Waals surface area contributed by atoms with Gasteiger partial charge in [0.25, 0.3) is 0 Å². The molecular formula is C22H23F3N2O. The first-order valence-corrected chi connectivity index (χ1v) is 9.54. The van der Waals surface area contributed by atoms with Gasteiger partial charge in [0.15, 0.2) is 5.78 Å². The third kappa shape index (κ3) is 2.73. The lowest BCUT2D eigenvalue weighted by molar-refractivity contribution is -0.137. The minimum Gasteiger partial charge on any atom is -0.294 e. The summed E-state index contributed by atoms with van der Waals surface area (Å²) in [4.78, 5) is 13.3. The van der Waals surface area contributed by atoms with Crippen LogP contribution in [0.25, 0.3) is 0 Å². The van der Waals surface area contributed by atoms with Crippen molar-refractivity contribution in [3.05, 3.63) is 64.0 Å². The molecule has 0 spiro atoms. The van der Waals surface area contributed by atoms with E-state index in [1.54, 1.807) is 12.3 Å². The number of fused-ring (bicyclic) bond motifs is 1. The number of H-pyrrole nitrogens is 1. The van der Waals surface area contributed by atoms with Gasteiger partial charge in [-0.05, 0) is 29.9 Å². The second-order valence-corrected chi connectivity index (χ2v) is 8.70. The fourth-order valence-electron chi connectivity index (χ4n) is 5.14. The Morgan fingerprint density at radius 3 is 2.64 bits per heavy atom. The van der Waals surface area contributed by atoms with Gasteiger partial charge in [-0.25, -0.2) is 0 Å². The SMILES string of the molecule is CC[C@]1(c2cccc(C(F)(F)F)c2)C2=C(Cc3[nH]ncc31)CC(C)(C)CC2=O. The number of alkyl halides is 3. The van der Waals surface area contributed by atoms with Gasteiger partial charge in [-0.2, -0.15) is 18.3 Å². The van der Waals surface area contributed by atoms with Crippen LogP contribution in [-0.2, 0) is 22.8 Å². The topological polar surface area (TPSA) is 45.8 Å². The van der Waals surface area contributed by atoms with E-state index >= 15 is 0 Å². The van der Waals surface area contributed by atoms with Crippen LogP contribution in [0.4, 0.5) is 13.2 Å². The summed E-state index contributed by atoms with van der Waals surface area (Å²) >= 11 is 0. The van der Waals surface area contributed by atoms with Crippen molar-refractivity contribution in [1.82, 2.24) is 10.2 Å². The molecule has 1 heterocycles. The van der Waals surface area contributed by atoms with E-state index in [-0.39, 0.29) is 11.2 Å². The fraction of sp³-hybridized carbons (Fsp3) is 0.455. The molecule has 3 nitrogen and oxygen atoms in total. The van der Waals surface area contributed by atoms with Crippen molar-refractivity contribution in [2.45, 2.75) is 58.0 Å². The minimum atomic E-state index is -4.44. The first kappa shape index (κ1) is 19.0. The molecule has 1 atom stereocenters. The zero-order valence-electron chi connectivity index (χ0n) is 16.2. The van der Waals surface area contributed by atoms with Crippen molar-refractivity contribution in [2.24, 2.45) is 5.41 Å². The minimum absolute atomic E-state index is 0.0392. The van der Waals surface area contributed by atoms with Crippen LogP contribution < -0.4 is 0 Å². The highest BCUT2D eigenvalue weighted by atomic mass is 19.4. The molecule has 1 aromatic heterocycles. The monoisotopic (exact) mass is 388 g/mol. The summed E-state index contributed by atoms with van der Waals surface area (Å²) < 4.78 is 40.2. The zero-order valence-corrected chi connectivity index (χ0v) is 16.2. The Morgan fingerprint density at radius 2 is 1.96 bits per heavy atom. The van der Waals surface area contributed by atoms with E-state index in [0.29, 0.717) is 30.4 Å². The molecule has 0 aliphatic heterocycles. The Balaban J connectivity index is 2.01. The van der Waals surface area contributed by atoms with Crippen LogP contribution in [0.5, 0.6) is 0 Å². The molecule has 0 fully saturated rings. The largest absolute Gasteiger partial charge is 0.416 e. The number of benzene rings is 1. The maximum Gasteiger partial charge on any atom is 0.416 e. The number of halogens is 3. The number of nitrogens with zero attached hydrogens (tertiary/aromatic N) is 1. The summed E-state index contributed by atoms with van der Waals surface area (Å²) in [5.41, 5.74) is 2.18. The number of nitrogens with one attached hydrogen (secondary N) is 1. The number of carbonyl (C=O) groups is 1. The average molecular weight is 388 g/mol. The normalized spacial score (nSPS) is 24.1. The van der Waals surface area contributed by atoms with E-state index in [2.05, 4.69) is 24.0 Å². The van der Waals surface area contributed by atoms with Crippen molar-refractivity contribution in [3.63, 3.8) is 0 Å². The van der Waals surface area contributed by atoms with E-state index in [1.165, 1.54) is 12.1 Å². The Labute approximate surface area is 162 Å². The number of carbonyl (C=O) groups excluding carboxylic acids is 1. The maximum atomic E-state index is 13.4. The Bertz CT molecular complexity index is 984. The highest BCUT2D eigenvalue weighted by Gasteiger charge is 2.50. The highest BCUT2D eigenvalue weighted by molar-refractivity contribution is 6.01. The van der Waals surface area contributed by atoms with Crippen LogP contribution in [0.3, 0.4) is 0 Å². The maximum absolute atomic E-state index is 13.4. The van der Waals surface area contributed by atoms with Crippen LogP contribution in [0.2, 0.25) is 0 Å². The zero-order chi connectivity index (χ0) is 20.3. The van der Waals surface area contributed by atoms with Crippen molar-refractivity contribution >= 4 is 5.78 Å². The van der Waals surface area contributed by atoms with Crippen molar-refractivity contribution in [2.75, 3.05) is 0 Å². The second-order valence-electron chi connectivity index (χ2n) is 8.70. The standard InChI is InChI=1S/C22H23F3N2O/c1-4-21(14-6-5-7-15(9-14)22(23,24)25)16-12-26-27-17(16)8-13-10-20(2,3)11-18(28)19(13)21/h5-7,9,12H,4,8,10-11H2,1-3H3,(H,26,27)/t21-/m1/s1. The molecule has 0 radical (unpaired) electrons. The lowest BCUT2D eigenvalue weighted by Crippen LogP contribution is -2.42. The summed E-state index contributed by atoms with van der Waals surface area (Å²) in [6, 6.07) is 5.41. The second kappa shape index (κ2) is 6.06. The molecule has 2 aliphatic carbocycles. The van der Waals surface area contributed by atoms with Crippen molar-refractivity contribution < 1.29 is 18.0 Å². The quantitative estimate of drug-likeness (QED) is 0.752. The summed E-state index contributed by atoms with van der Waals surface area (Å²) in [6.45, 7) is 6.06. The molecule has 2 aromatic rings. The molecule has 0 bridgehead atoms. The van der Waals surface area contributed by atoms with Gasteiger partial charge in [-0.15, -0.1) is 0 Å². The molecule has 28 heavy (non-hydrogen) atoms. The molecule has 6 heteroatoms. The Hall–Kier alpha value is -2.37. The van der Waals surface area contributed by atoms with Gasteiger partial charge in [0, 0.05) is 29.7 Å². The number of aromatic amines is 1. The molecule has 2 aliphatic rings. The molecule has 148 valence electrons. The molecule has 1 N–H and O–H groups in total. The number of rotatable bonds is 2. The van der Waals surface area contributed by atoms with Crippen LogP contribution in [0.15, 0.2) is 41.6 Å². The Morgan fingerprint density at radius 1 is 1.21 bits per heavy atom. The highest BCUT2D eigenvalue weighted by Crippen LogP contribution is 2.53. The van der Waals surface area contributed by atoms with Crippen LogP contribution in [-0.4, -0.2) is 16.0 Å². The summed E-state index contributed by atoms with van der Waals surface area (Å²) in [7, 11) is 0. The van der Waals surface area contributed by atoms with Gasteiger partial charge in [-0.1, -0.05) is 44.5 Å².